The molecular weight excluding hydrogens is 302 g/mol. The third-order valence-electron chi connectivity index (χ3n) is 4.26. The molecule has 0 aliphatic carbocycles. The molecular formula is C16H20BClO4. The van der Waals surface area contributed by atoms with Crippen LogP contribution in [0.25, 0.3) is 6.08 Å². The minimum Gasteiger partial charge on any atom is -0.400 e. The quantitative estimate of drug-likeness (QED) is 0.683. The van der Waals surface area contributed by atoms with Gasteiger partial charge in [-0.1, -0.05) is 23.7 Å². The molecule has 1 N–H and O–H groups in total. The molecule has 0 bridgehead atoms. The van der Waals surface area contributed by atoms with Gasteiger partial charge in [-0.2, -0.15) is 0 Å². The van der Waals surface area contributed by atoms with Crippen LogP contribution in [0.3, 0.4) is 0 Å². The van der Waals surface area contributed by atoms with Crippen molar-refractivity contribution in [2.24, 2.45) is 0 Å². The highest BCUT2D eigenvalue weighted by Gasteiger charge is 2.52. The molecule has 1 aromatic rings. The molecule has 1 aliphatic rings. The average molecular weight is 323 g/mol. The van der Waals surface area contributed by atoms with Crippen molar-refractivity contribution in [2.75, 3.05) is 6.61 Å². The molecule has 1 aliphatic heterocycles. The number of hydrogen-bond donors (Lipinski definition) is 1. The second kappa shape index (κ2) is 6.16. The van der Waals surface area contributed by atoms with Gasteiger partial charge in [-0.3, -0.25) is 4.79 Å². The van der Waals surface area contributed by atoms with Crippen LogP contribution >= 0.6 is 11.6 Å². The predicted molar refractivity (Wildman–Crippen MR) is 88.0 cm³/mol. The maximum atomic E-state index is 11.2. The van der Waals surface area contributed by atoms with Crippen LogP contribution in [0.15, 0.2) is 23.7 Å². The molecule has 0 saturated carbocycles. The summed E-state index contributed by atoms with van der Waals surface area (Å²) in [6.07, 6.45) is 2.44. The van der Waals surface area contributed by atoms with E-state index in [1.54, 1.807) is 24.3 Å². The van der Waals surface area contributed by atoms with Crippen molar-refractivity contribution in [1.29, 1.82) is 0 Å². The lowest BCUT2D eigenvalue weighted by Crippen LogP contribution is -2.41. The van der Waals surface area contributed by atoms with Crippen molar-refractivity contribution in [3.8, 4) is 0 Å². The molecule has 0 aromatic heterocycles. The number of carbonyl (C=O) groups excluding carboxylic acids is 1. The van der Waals surface area contributed by atoms with E-state index in [1.807, 2.05) is 27.7 Å². The van der Waals surface area contributed by atoms with Crippen molar-refractivity contribution in [3.63, 3.8) is 0 Å². The standard InChI is InChI=1S/C16H20BClO4/c1-15(2)16(3,4)22-17(21-15)13(10-20)7-11-5-6-14(18)8-12(11)9-19/h5-9,20H,10H2,1-4H3. The molecule has 6 heteroatoms. The third kappa shape index (κ3) is 3.28. The maximum absolute atomic E-state index is 11.2. The van der Waals surface area contributed by atoms with Gasteiger partial charge in [0.15, 0.2) is 6.29 Å². The van der Waals surface area contributed by atoms with Gasteiger partial charge in [-0.25, -0.2) is 0 Å². The van der Waals surface area contributed by atoms with Crippen LogP contribution in [0.1, 0.15) is 43.6 Å². The molecule has 22 heavy (non-hydrogen) atoms. The molecule has 0 atom stereocenters. The number of halogens is 1. The highest BCUT2D eigenvalue weighted by molar-refractivity contribution is 6.55. The van der Waals surface area contributed by atoms with E-state index in [2.05, 4.69) is 0 Å². The number of benzene rings is 1. The molecule has 0 spiro atoms. The zero-order valence-corrected chi connectivity index (χ0v) is 14.0. The Morgan fingerprint density at radius 3 is 2.32 bits per heavy atom. The number of aliphatic hydroxyl groups excluding tert-OH is 1. The van der Waals surface area contributed by atoms with Crippen molar-refractivity contribution in [1.82, 2.24) is 0 Å². The smallest absolute Gasteiger partial charge is 0.400 e. The molecule has 1 fully saturated rings. The van der Waals surface area contributed by atoms with Crippen molar-refractivity contribution in [2.45, 2.75) is 38.9 Å². The first kappa shape index (κ1) is 17.2. The Balaban J connectivity index is 2.36. The highest BCUT2D eigenvalue weighted by Crippen LogP contribution is 2.38. The summed E-state index contributed by atoms with van der Waals surface area (Å²) in [4.78, 5) is 11.2. The lowest BCUT2D eigenvalue weighted by molar-refractivity contribution is 0.00578. The van der Waals surface area contributed by atoms with Crippen LogP contribution < -0.4 is 0 Å². The summed E-state index contributed by atoms with van der Waals surface area (Å²) < 4.78 is 11.8. The minimum atomic E-state index is -0.648. The number of aliphatic hydroxyl groups is 1. The molecule has 4 nitrogen and oxygen atoms in total. The number of carbonyl (C=O) groups is 1. The van der Waals surface area contributed by atoms with E-state index >= 15 is 0 Å². The van der Waals surface area contributed by atoms with Gasteiger partial charge in [0.2, 0.25) is 0 Å². The predicted octanol–water partition coefficient (Wildman–Crippen LogP) is 3.16. The number of rotatable bonds is 4. The largest absolute Gasteiger partial charge is 0.492 e. The van der Waals surface area contributed by atoms with Gasteiger partial charge in [0.25, 0.3) is 0 Å². The monoisotopic (exact) mass is 322 g/mol. The topological polar surface area (TPSA) is 55.8 Å². The summed E-state index contributed by atoms with van der Waals surface area (Å²) in [5.41, 5.74) is 0.705. The maximum Gasteiger partial charge on any atom is 0.492 e. The lowest BCUT2D eigenvalue weighted by atomic mass is 9.77. The minimum absolute atomic E-state index is 0.224. The van der Waals surface area contributed by atoms with Crippen LogP contribution in [-0.4, -0.2) is 36.3 Å². The van der Waals surface area contributed by atoms with Gasteiger partial charge in [0.05, 0.1) is 17.8 Å². The van der Waals surface area contributed by atoms with E-state index < -0.39 is 18.3 Å². The third-order valence-corrected chi connectivity index (χ3v) is 4.49. The fourth-order valence-corrected chi connectivity index (χ4v) is 2.34. The van der Waals surface area contributed by atoms with E-state index in [0.29, 0.717) is 21.6 Å². The Kier molecular flexibility index (Phi) is 4.83. The van der Waals surface area contributed by atoms with Gasteiger partial charge >= 0.3 is 7.12 Å². The van der Waals surface area contributed by atoms with Crippen LogP contribution in [0, 0.1) is 0 Å². The van der Waals surface area contributed by atoms with E-state index in [9.17, 15) is 9.90 Å². The second-order valence-electron chi connectivity index (χ2n) is 6.36. The zero-order chi connectivity index (χ0) is 16.5. The Bertz CT molecular complexity index is 594. The molecule has 0 radical (unpaired) electrons. The second-order valence-corrected chi connectivity index (χ2v) is 6.79. The lowest BCUT2D eigenvalue weighted by Gasteiger charge is -2.32. The molecule has 118 valence electrons. The van der Waals surface area contributed by atoms with Crippen molar-refractivity contribution >= 4 is 31.1 Å². The van der Waals surface area contributed by atoms with Crippen LogP contribution in [0.4, 0.5) is 0 Å². The summed E-state index contributed by atoms with van der Waals surface area (Å²) in [5, 5.41) is 10.2. The number of hydrogen-bond acceptors (Lipinski definition) is 4. The molecule has 0 amide bonds. The van der Waals surface area contributed by atoms with Crippen molar-refractivity contribution < 1.29 is 19.2 Å². The Labute approximate surface area is 136 Å². The van der Waals surface area contributed by atoms with Gasteiger partial charge in [-0.15, -0.1) is 0 Å². The number of aldehydes is 1. The van der Waals surface area contributed by atoms with Crippen LogP contribution in [-0.2, 0) is 9.31 Å². The van der Waals surface area contributed by atoms with E-state index in [-0.39, 0.29) is 6.61 Å². The normalized spacial score (nSPS) is 20.3. The molecule has 1 aromatic carbocycles. The van der Waals surface area contributed by atoms with Gasteiger partial charge in [0.1, 0.15) is 0 Å². The zero-order valence-electron chi connectivity index (χ0n) is 13.2. The molecule has 1 saturated heterocycles. The molecule has 2 rings (SSSR count). The van der Waals surface area contributed by atoms with Crippen LogP contribution in [0.5, 0.6) is 0 Å². The van der Waals surface area contributed by atoms with E-state index in [4.69, 9.17) is 20.9 Å². The SMILES string of the molecule is CC1(C)OB(C(=Cc2ccc(Cl)cc2C=O)CO)OC1(C)C. The summed E-state index contributed by atoms with van der Waals surface area (Å²) in [6.45, 7) is 7.56. The first-order chi connectivity index (χ1) is 10.2. The van der Waals surface area contributed by atoms with Crippen molar-refractivity contribution in [3.05, 3.63) is 39.8 Å². The Morgan fingerprint density at radius 2 is 1.82 bits per heavy atom. The van der Waals surface area contributed by atoms with E-state index in [0.717, 1.165) is 6.29 Å². The Morgan fingerprint density at radius 1 is 1.23 bits per heavy atom. The first-order valence-corrected chi connectivity index (χ1v) is 7.49. The average Bonchev–Trinajstić information content (AvgIpc) is 2.65. The Hall–Kier alpha value is -1.14. The summed E-state index contributed by atoms with van der Waals surface area (Å²) in [7, 11) is -0.648. The van der Waals surface area contributed by atoms with Crippen LogP contribution in [0.2, 0.25) is 5.02 Å². The first-order valence-electron chi connectivity index (χ1n) is 7.12. The summed E-state index contributed by atoms with van der Waals surface area (Å²) in [6, 6.07) is 5.01. The fourth-order valence-electron chi connectivity index (χ4n) is 2.16. The van der Waals surface area contributed by atoms with Gasteiger partial charge in [0, 0.05) is 10.6 Å². The fraction of sp³-hybridized carbons (Fsp3) is 0.438. The highest BCUT2D eigenvalue weighted by atomic mass is 35.5. The molecule has 1 heterocycles. The van der Waals surface area contributed by atoms with E-state index in [1.165, 1.54) is 0 Å². The summed E-state index contributed by atoms with van der Waals surface area (Å²) in [5.74, 6) is 0. The van der Waals surface area contributed by atoms with Gasteiger partial charge in [-0.05, 0) is 50.9 Å². The molecule has 0 unspecified atom stereocenters. The van der Waals surface area contributed by atoms with Gasteiger partial charge < -0.3 is 14.4 Å². The summed E-state index contributed by atoms with van der Waals surface area (Å²) >= 11 is 5.89.